The van der Waals surface area contributed by atoms with Gasteiger partial charge in [-0.3, -0.25) is 4.98 Å². The molecule has 2 aromatic rings. The predicted octanol–water partition coefficient (Wildman–Crippen LogP) is 4.60. The zero-order chi connectivity index (χ0) is 12.5. The Morgan fingerprint density at radius 3 is 3.11 bits per heavy atom. The Bertz CT molecular complexity index is 586. The molecular formula is C14H12BrClN2. The molecule has 0 fully saturated rings. The van der Waals surface area contributed by atoms with E-state index in [-0.39, 0.29) is 6.04 Å². The third-order valence-electron chi connectivity index (χ3n) is 3.22. The molecule has 3 rings (SSSR count). The molecule has 1 atom stereocenters. The first kappa shape index (κ1) is 12.0. The molecule has 0 spiro atoms. The minimum atomic E-state index is 0.257. The van der Waals surface area contributed by atoms with Gasteiger partial charge in [0.25, 0.3) is 0 Å². The fourth-order valence-electron chi connectivity index (χ4n) is 2.35. The van der Waals surface area contributed by atoms with E-state index in [0.29, 0.717) is 0 Å². The normalized spacial score (nSPS) is 17.6. The molecule has 0 aliphatic heterocycles. The summed E-state index contributed by atoms with van der Waals surface area (Å²) in [6.07, 6.45) is 3.99. The van der Waals surface area contributed by atoms with Gasteiger partial charge in [-0.15, -0.1) is 0 Å². The number of rotatable bonds is 2. The summed E-state index contributed by atoms with van der Waals surface area (Å²) in [7, 11) is 0. The van der Waals surface area contributed by atoms with Crippen LogP contribution in [0.15, 0.2) is 41.0 Å². The van der Waals surface area contributed by atoms with Crippen molar-refractivity contribution in [3.63, 3.8) is 0 Å². The molecule has 0 amide bonds. The zero-order valence-corrected chi connectivity index (χ0v) is 12.0. The van der Waals surface area contributed by atoms with Crippen molar-refractivity contribution in [3.8, 4) is 0 Å². The van der Waals surface area contributed by atoms with E-state index in [2.05, 4.69) is 32.3 Å². The number of pyridine rings is 1. The third kappa shape index (κ3) is 2.25. The summed E-state index contributed by atoms with van der Waals surface area (Å²) in [5.74, 6) is 0. The first-order valence-corrected chi connectivity index (χ1v) is 7.06. The molecule has 1 aromatic heterocycles. The van der Waals surface area contributed by atoms with Crippen LogP contribution < -0.4 is 5.32 Å². The van der Waals surface area contributed by atoms with E-state index in [1.165, 1.54) is 5.56 Å². The van der Waals surface area contributed by atoms with Gasteiger partial charge in [0, 0.05) is 10.7 Å². The maximum atomic E-state index is 6.20. The average molecular weight is 324 g/mol. The Morgan fingerprint density at radius 1 is 1.33 bits per heavy atom. The largest absolute Gasteiger partial charge is 0.375 e. The van der Waals surface area contributed by atoms with Gasteiger partial charge in [0.15, 0.2) is 0 Å². The molecule has 1 unspecified atom stereocenters. The highest BCUT2D eigenvalue weighted by Crippen LogP contribution is 2.35. The summed E-state index contributed by atoms with van der Waals surface area (Å²) < 4.78 is 1.02. The van der Waals surface area contributed by atoms with Crippen LogP contribution in [0.2, 0.25) is 5.02 Å². The molecule has 1 aliphatic carbocycles. The highest BCUT2D eigenvalue weighted by Gasteiger charge is 2.23. The second-order valence-electron chi connectivity index (χ2n) is 4.41. The first-order chi connectivity index (χ1) is 8.74. The van der Waals surface area contributed by atoms with E-state index >= 15 is 0 Å². The van der Waals surface area contributed by atoms with Crippen molar-refractivity contribution in [1.82, 2.24) is 4.98 Å². The fraction of sp³-hybridized carbons (Fsp3) is 0.214. The lowest BCUT2D eigenvalue weighted by molar-refractivity contribution is 0.746. The maximum absolute atomic E-state index is 6.20. The van der Waals surface area contributed by atoms with Gasteiger partial charge < -0.3 is 5.32 Å². The van der Waals surface area contributed by atoms with Gasteiger partial charge in [-0.25, -0.2) is 0 Å². The van der Waals surface area contributed by atoms with Gasteiger partial charge in [-0.1, -0.05) is 33.6 Å². The van der Waals surface area contributed by atoms with Crippen LogP contribution in [0.4, 0.5) is 5.69 Å². The number of hydrogen-bond donors (Lipinski definition) is 1. The van der Waals surface area contributed by atoms with Crippen LogP contribution in [-0.2, 0) is 6.42 Å². The molecule has 1 aliphatic rings. The molecule has 0 saturated heterocycles. The van der Waals surface area contributed by atoms with Crippen molar-refractivity contribution in [1.29, 1.82) is 0 Å². The summed E-state index contributed by atoms with van der Waals surface area (Å²) in [5.41, 5.74) is 3.43. The minimum Gasteiger partial charge on any atom is -0.375 e. The minimum absolute atomic E-state index is 0.257. The smallest absolute Gasteiger partial charge is 0.0691 e. The quantitative estimate of drug-likeness (QED) is 0.874. The molecule has 1 N–H and O–H groups in total. The number of aromatic nitrogens is 1. The number of halogens is 2. The zero-order valence-electron chi connectivity index (χ0n) is 9.66. The molecule has 0 saturated carbocycles. The number of nitrogens with zero attached hydrogens (tertiary/aromatic N) is 1. The standard InChI is InChI=1S/C14H12BrClN2/c15-10-4-5-11(16)13(8-10)18-12-6-3-9-2-1-7-17-14(9)12/h1-2,4-5,7-8,12,18H,3,6H2. The van der Waals surface area contributed by atoms with E-state index in [9.17, 15) is 0 Å². The number of hydrogen-bond acceptors (Lipinski definition) is 2. The van der Waals surface area contributed by atoms with E-state index in [0.717, 1.165) is 33.7 Å². The Balaban J connectivity index is 1.88. The van der Waals surface area contributed by atoms with Crippen LogP contribution >= 0.6 is 27.5 Å². The van der Waals surface area contributed by atoms with Crippen LogP contribution in [0.5, 0.6) is 0 Å². The van der Waals surface area contributed by atoms with Crippen LogP contribution in [0.25, 0.3) is 0 Å². The summed E-state index contributed by atoms with van der Waals surface area (Å²) in [6, 6.07) is 10.2. The summed E-state index contributed by atoms with van der Waals surface area (Å²) in [4.78, 5) is 4.47. The van der Waals surface area contributed by atoms with Crippen molar-refractivity contribution in [2.24, 2.45) is 0 Å². The van der Waals surface area contributed by atoms with E-state index in [1.807, 2.05) is 30.5 Å². The second kappa shape index (κ2) is 4.90. The van der Waals surface area contributed by atoms with Gasteiger partial charge in [0.2, 0.25) is 0 Å². The average Bonchev–Trinajstić information content (AvgIpc) is 2.78. The molecule has 0 bridgehead atoms. The molecule has 0 radical (unpaired) electrons. The molecule has 1 aromatic carbocycles. The van der Waals surface area contributed by atoms with Crippen LogP contribution in [-0.4, -0.2) is 4.98 Å². The Hall–Kier alpha value is -1.06. The summed E-state index contributed by atoms with van der Waals surface area (Å²) in [6.45, 7) is 0. The van der Waals surface area contributed by atoms with E-state index < -0.39 is 0 Å². The Morgan fingerprint density at radius 2 is 2.22 bits per heavy atom. The highest BCUT2D eigenvalue weighted by molar-refractivity contribution is 9.10. The van der Waals surface area contributed by atoms with Crippen LogP contribution in [0, 0.1) is 0 Å². The number of benzene rings is 1. The molecule has 92 valence electrons. The Labute approximate surface area is 120 Å². The van der Waals surface area contributed by atoms with Crippen molar-refractivity contribution < 1.29 is 0 Å². The van der Waals surface area contributed by atoms with Crippen molar-refractivity contribution in [3.05, 3.63) is 57.3 Å². The van der Waals surface area contributed by atoms with Crippen LogP contribution in [0.3, 0.4) is 0 Å². The molecule has 4 heteroatoms. The highest BCUT2D eigenvalue weighted by atomic mass is 79.9. The third-order valence-corrected chi connectivity index (χ3v) is 4.04. The number of aryl methyl sites for hydroxylation is 1. The SMILES string of the molecule is Clc1ccc(Br)cc1NC1CCc2cccnc21. The topological polar surface area (TPSA) is 24.9 Å². The molecular weight excluding hydrogens is 312 g/mol. The second-order valence-corrected chi connectivity index (χ2v) is 5.73. The van der Waals surface area contributed by atoms with Gasteiger partial charge >= 0.3 is 0 Å². The van der Waals surface area contributed by atoms with E-state index in [1.54, 1.807) is 0 Å². The van der Waals surface area contributed by atoms with Gasteiger partial charge in [-0.2, -0.15) is 0 Å². The molecule has 2 nitrogen and oxygen atoms in total. The lowest BCUT2D eigenvalue weighted by atomic mass is 10.2. The lowest BCUT2D eigenvalue weighted by Gasteiger charge is -2.16. The fourth-order valence-corrected chi connectivity index (χ4v) is 2.88. The lowest BCUT2D eigenvalue weighted by Crippen LogP contribution is -2.08. The van der Waals surface area contributed by atoms with Crippen LogP contribution in [0.1, 0.15) is 23.7 Å². The van der Waals surface area contributed by atoms with Gasteiger partial charge in [0.05, 0.1) is 22.4 Å². The number of anilines is 1. The first-order valence-electron chi connectivity index (χ1n) is 5.89. The number of nitrogens with one attached hydrogen (secondary N) is 1. The predicted molar refractivity (Wildman–Crippen MR) is 78.1 cm³/mol. The van der Waals surface area contributed by atoms with Gasteiger partial charge in [0.1, 0.15) is 0 Å². The van der Waals surface area contributed by atoms with E-state index in [4.69, 9.17) is 11.6 Å². The van der Waals surface area contributed by atoms with Crippen molar-refractivity contribution in [2.75, 3.05) is 5.32 Å². The van der Waals surface area contributed by atoms with Gasteiger partial charge in [-0.05, 0) is 42.7 Å². The molecule has 1 heterocycles. The van der Waals surface area contributed by atoms with Crippen molar-refractivity contribution in [2.45, 2.75) is 18.9 Å². The Kier molecular flexibility index (Phi) is 3.27. The summed E-state index contributed by atoms with van der Waals surface area (Å²) in [5, 5.41) is 4.22. The van der Waals surface area contributed by atoms with Crippen molar-refractivity contribution >= 4 is 33.2 Å². The summed E-state index contributed by atoms with van der Waals surface area (Å²) >= 11 is 9.66. The number of fused-ring (bicyclic) bond motifs is 1. The maximum Gasteiger partial charge on any atom is 0.0691 e. The monoisotopic (exact) mass is 322 g/mol. The molecule has 18 heavy (non-hydrogen) atoms.